The largest absolute Gasteiger partial charge is 0.393 e. The number of Topliss-reactive ketones (excluding diaryl/α,β-unsaturated/α-hetero) is 1. The molecule has 3 heteroatoms. The first-order chi connectivity index (χ1) is 11.2. The van der Waals surface area contributed by atoms with Crippen molar-refractivity contribution in [3.63, 3.8) is 0 Å². The molecule has 4 fully saturated rings. The van der Waals surface area contributed by atoms with Gasteiger partial charge in [-0.1, -0.05) is 13.8 Å². The smallest absolute Gasteiger partial charge is 0.161 e. The monoisotopic (exact) mass is 334 g/mol. The Morgan fingerprint density at radius 1 is 0.958 bits per heavy atom. The summed E-state index contributed by atoms with van der Waals surface area (Å²) in [5.41, 5.74) is -0.957. The molecule has 3 nitrogen and oxygen atoms in total. The fourth-order valence-electron chi connectivity index (χ4n) is 7.83. The maximum absolute atomic E-state index is 12.2. The average Bonchev–Trinajstić information content (AvgIpc) is 2.81. The van der Waals surface area contributed by atoms with Gasteiger partial charge in [-0.05, 0) is 93.8 Å². The number of hydrogen-bond donors (Lipinski definition) is 2. The maximum Gasteiger partial charge on any atom is 0.161 e. The standard InChI is InChI=1S/C21H34O3/c1-13(22)21(24)11-8-18-16-5-4-14-12-15(23)6-9-19(14,2)17(16)7-10-20(18,21)3/h14-18,23-24H,4-12H2,1-3H3/t14-,15+,16-,17+,18+,19-,20-,21+/m0/s1. The maximum atomic E-state index is 12.2. The molecule has 4 aliphatic carbocycles. The summed E-state index contributed by atoms with van der Waals surface area (Å²) in [6.45, 7) is 6.26. The zero-order chi connectivity index (χ0) is 17.3. The van der Waals surface area contributed by atoms with Crippen molar-refractivity contribution in [2.45, 2.75) is 90.3 Å². The van der Waals surface area contributed by atoms with Gasteiger partial charge in [-0.15, -0.1) is 0 Å². The third-order valence-corrected chi connectivity index (χ3v) is 9.37. The van der Waals surface area contributed by atoms with E-state index in [2.05, 4.69) is 13.8 Å². The number of carbonyl (C=O) groups is 1. The van der Waals surface area contributed by atoms with Crippen LogP contribution >= 0.6 is 0 Å². The van der Waals surface area contributed by atoms with Crippen molar-refractivity contribution in [2.75, 3.05) is 0 Å². The second-order valence-electron chi connectivity index (χ2n) is 10.00. The molecule has 0 aromatic heterocycles. The van der Waals surface area contributed by atoms with Gasteiger partial charge < -0.3 is 10.2 Å². The van der Waals surface area contributed by atoms with E-state index in [1.165, 1.54) is 12.8 Å². The highest BCUT2D eigenvalue weighted by Gasteiger charge is 2.65. The van der Waals surface area contributed by atoms with Crippen LogP contribution in [0, 0.1) is 34.5 Å². The molecule has 0 unspecified atom stereocenters. The van der Waals surface area contributed by atoms with E-state index in [9.17, 15) is 15.0 Å². The van der Waals surface area contributed by atoms with Crippen LogP contribution in [0.15, 0.2) is 0 Å². The van der Waals surface area contributed by atoms with Crippen LogP contribution in [0.25, 0.3) is 0 Å². The molecule has 4 saturated carbocycles. The molecule has 0 aromatic carbocycles. The van der Waals surface area contributed by atoms with Gasteiger partial charge >= 0.3 is 0 Å². The number of aliphatic hydroxyl groups excluding tert-OH is 1. The van der Waals surface area contributed by atoms with Crippen molar-refractivity contribution in [3.05, 3.63) is 0 Å². The van der Waals surface area contributed by atoms with Gasteiger partial charge in [0.2, 0.25) is 0 Å². The first kappa shape index (κ1) is 17.0. The fraction of sp³-hybridized carbons (Fsp3) is 0.952. The number of carbonyl (C=O) groups excluding carboxylic acids is 1. The lowest BCUT2D eigenvalue weighted by Gasteiger charge is -2.61. The normalized spacial score (nSPS) is 57.0. The second-order valence-corrected chi connectivity index (χ2v) is 10.00. The summed E-state index contributed by atoms with van der Waals surface area (Å²) in [5, 5.41) is 21.3. The summed E-state index contributed by atoms with van der Waals surface area (Å²) in [5.74, 6) is 2.52. The van der Waals surface area contributed by atoms with E-state index in [1.807, 2.05) is 0 Å². The molecule has 2 N–H and O–H groups in total. The van der Waals surface area contributed by atoms with Gasteiger partial charge in [0.25, 0.3) is 0 Å². The van der Waals surface area contributed by atoms with Crippen LogP contribution in [0.1, 0.15) is 78.6 Å². The summed E-state index contributed by atoms with van der Waals surface area (Å²) < 4.78 is 0. The van der Waals surface area contributed by atoms with Crippen molar-refractivity contribution in [2.24, 2.45) is 34.5 Å². The van der Waals surface area contributed by atoms with Crippen molar-refractivity contribution >= 4 is 5.78 Å². The molecule has 136 valence electrons. The van der Waals surface area contributed by atoms with Crippen LogP contribution in [-0.2, 0) is 4.79 Å². The lowest BCUT2D eigenvalue weighted by Crippen LogP contribution is -2.58. The Hall–Kier alpha value is -0.410. The van der Waals surface area contributed by atoms with E-state index < -0.39 is 5.60 Å². The number of fused-ring (bicyclic) bond motifs is 5. The van der Waals surface area contributed by atoms with Crippen molar-refractivity contribution in [3.8, 4) is 0 Å². The first-order valence-electron chi connectivity index (χ1n) is 10.1. The molecular weight excluding hydrogens is 300 g/mol. The van der Waals surface area contributed by atoms with E-state index in [0.29, 0.717) is 29.6 Å². The Morgan fingerprint density at radius 3 is 2.38 bits per heavy atom. The van der Waals surface area contributed by atoms with Gasteiger partial charge in [0.05, 0.1) is 6.10 Å². The third kappa shape index (κ3) is 2.00. The molecule has 0 saturated heterocycles. The SMILES string of the molecule is CC(=O)[C@]1(O)CC[C@@H]2[C@H]3CC[C@H]4C[C@H](O)CC[C@]4(C)[C@@H]3CC[C@@]21C. The summed E-state index contributed by atoms with van der Waals surface area (Å²) in [7, 11) is 0. The van der Waals surface area contributed by atoms with E-state index in [4.69, 9.17) is 0 Å². The molecule has 8 atom stereocenters. The third-order valence-electron chi connectivity index (χ3n) is 9.37. The van der Waals surface area contributed by atoms with Crippen LogP contribution < -0.4 is 0 Å². The van der Waals surface area contributed by atoms with E-state index in [1.54, 1.807) is 6.92 Å². The number of rotatable bonds is 1. The molecular formula is C21H34O3. The lowest BCUT2D eigenvalue weighted by atomic mass is 9.44. The van der Waals surface area contributed by atoms with E-state index >= 15 is 0 Å². The Balaban J connectivity index is 1.65. The fourth-order valence-corrected chi connectivity index (χ4v) is 7.83. The summed E-state index contributed by atoms with van der Waals surface area (Å²) in [6, 6.07) is 0. The lowest BCUT2D eigenvalue weighted by molar-refractivity contribution is -0.170. The predicted molar refractivity (Wildman–Crippen MR) is 93.4 cm³/mol. The molecule has 0 amide bonds. The van der Waals surface area contributed by atoms with Gasteiger partial charge in [-0.3, -0.25) is 4.79 Å². The quantitative estimate of drug-likeness (QED) is 0.768. The van der Waals surface area contributed by atoms with Crippen molar-refractivity contribution < 1.29 is 15.0 Å². The van der Waals surface area contributed by atoms with Crippen LogP contribution in [0.3, 0.4) is 0 Å². The summed E-state index contributed by atoms with van der Waals surface area (Å²) in [4.78, 5) is 12.2. The van der Waals surface area contributed by atoms with Gasteiger partial charge in [-0.25, -0.2) is 0 Å². The minimum atomic E-state index is -1.09. The van der Waals surface area contributed by atoms with E-state index in [-0.39, 0.29) is 17.3 Å². The zero-order valence-corrected chi connectivity index (χ0v) is 15.6. The number of hydrogen-bond acceptors (Lipinski definition) is 3. The molecule has 0 spiro atoms. The molecule has 0 aliphatic heterocycles. The molecule has 4 aliphatic rings. The van der Waals surface area contributed by atoms with Gasteiger partial charge in [0.1, 0.15) is 5.60 Å². The predicted octanol–water partition coefficient (Wildman–Crippen LogP) is 3.71. The Kier molecular flexibility index (Phi) is 3.76. The van der Waals surface area contributed by atoms with Crippen LogP contribution in [0.5, 0.6) is 0 Å². The average molecular weight is 335 g/mol. The highest BCUT2D eigenvalue weighted by Crippen LogP contribution is 2.68. The van der Waals surface area contributed by atoms with Gasteiger partial charge in [0.15, 0.2) is 5.78 Å². The van der Waals surface area contributed by atoms with Crippen molar-refractivity contribution in [1.29, 1.82) is 0 Å². The molecule has 0 heterocycles. The van der Waals surface area contributed by atoms with Gasteiger partial charge in [0, 0.05) is 5.41 Å². The molecule has 0 aromatic rings. The summed E-state index contributed by atoms with van der Waals surface area (Å²) >= 11 is 0. The first-order valence-corrected chi connectivity index (χ1v) is 10.1. The van der Waals surface area contributed by atoms with E-state index in [0.717, 1.165) is 44.4 Å². The minimum Gasteiger partial charge on any atom is -0.393 e. The molecule has 24 heavy (non-hydrogen) atoms. The Morgan fingerprint density at radius 2 is 1.67 bits per heavy atom. The molecule has 0 radical (unpaired) electrons. The summed E-state index contributed by atoms with van der Waals surface area (Å²) in [6.07, 6.45) is 9.25. The molecule has 4 rings (SSSR count). The topological polar surface area (TPSA) is 57.5 Å². The number of aliphatic hydroxyl groups is 2. The highest BCUT2D eigenvalue weighted by molar-refractivity contribution is 5.86. The van der Waals surface area contributed by atoms with Crippen molar-refractivity contribution in [1.82, 2.24) is 0 Å². The van der Waals surface area contributed by atoms with Gasteiger partial charge in [-0.2, -0.15) is 0 Å². The minimum absolute atomic E-state index is 0.0216. The molecule has 0 bridgehead atoms. The Labute approximate surface area is 146 Å². The second kappa shape index (κ2) is 5.30. The Bertz CT molecular complexity index is 545. The number of ketones is 1. The van der Waals surface area contributed by atoms with Crippen LogP contribution in [0.2, 0.25) is 0 Å². The van der Waals surface area contributed by atoms with Crippen LogP contribution in [0.4, 0.5) is 0 Å². The highest BCUT2D eigenvalue weighted by atomic mass is 16.3. The van der Waals surface area contributed by atoms with Crippen LogP contribution in [-0.4, -0.2) is 27.7 Å². The zero-order valence-electron chi connectivity index (χ0n) is 15.6.